The number of carbonyl (C=O) groups is 2. The molecule has 0 aromatic heterocycles. The Labute approximate surface area is 159 Å². The molecule has 0 heterocycles. The van der Waals surface area contributed by atoms with Gasteiger partial charge in [0, 0.05) is 17.8 Å². The van der Waals surface area contributed by atoms with Crippen LogP contribution in [0.5, 0.6) is 0 Å². The third-order valence-electron chi connectivity index (χ3n) is 3.97. The summed E-state index contributed by atoms with van der Waals surface area (Å²) in [4.78, 5) is 23.8. The van der Waals surface area contributed by atoms with Crippen molar-refractivity contribution in [3.8, 4) is 0 Å². The second-order valence-electron chi connectivity index (χ2n) is 5.64. The topological polar surface area (TPSA) is 92.8 Å². The molecule has 1 amide bonds. The number of methoxy groups -OCH3 is 1. The number of rotatable bonds is 7. The number of ether oxygens (including phenoxy) is 1. The number of amides is 1. The third-order valence-corrected chi connectivity index (χ3v) is 5.84. The van der Waals surface area contributed by atoms with Crippen molar-refractivity contribution >= 4 is 33.3 Å². The molecule has 1 N–H and O–H groups in total. The SMILES string of the molecule is CCN(c1ccc(C(=O)Nc2ccc(C(=O)OC)cc2)cc1)S(=O)(=O)CC. The predicted molar refractivity (Wildman–Crippen MR) is 105 cm³/mol. The minimum atomic E-state index is -3.36. The summed E-state index contributed by atoms with van der Waals surface area (Å²) in [6.07, 6.45) is 0. The summed E-state index contributed by atoms with van der Waals surface area (Å²) >= 11 is 0. The first-order valence-electron chi connectivity index (χ1n) is 8.42. The van der Waals surface area contributed by atoms with Crippen molar-refractivity contribution in [2.24, 2.45) is 0 Å². The highest BCUT2D eigenvalue weighted by atomic mass is 32.2. The maximum absolute atomic E-state index is 12.4. The lowest BCUT2D eigenvalue weighted by Crippen LogP contribution is -2.32. The van der Waals surface area contributed by atoms with Gasteiger partial charge in [-0.25, -0.2) is 13.2 Å². The molecule has 0 aliphatic rings. The molecular formula is C19H22N2O5S. The van der Waals surface area contributed by atoms with Crippen LogP contribution < -0.4 is 9.62 Å². The van der Waals surface area contributed by atoms with Crippen LogP contribution in [0.15, 0.2) is 48.5 Å². The summed E-state index contributed by atoms with van der Waals surface area (Å²) in [5.41, 5.74) is 1.82. The number of carbonyl (C=O) groups excluding carboxylic acids is 2. The van der Waals surface area contributed by atoms with E-state index in [-0.39, 0.29) is 11.7 Å². The first kappa shape index (κ1) is 20.4. The lowest BCUT2D eigenvalue weighted by molar-refractivity contribution is 0.0600. The fraction of sp³-hybridized carbons (Fsp3) is 0.263. The quantitative estimate of drug-likeness (QED) is 0.734. The van der Waals surface area contributed by atoms with Crippen LogP contribution in [0.25, 0.3) is 0 Å². The summed E-state index contributed by atoms with van der Waals surface area (Å²) in [7, 11) is -2.06. The van der Waals surface area contributed by atoms with E-state index in [4.69, 9.17) is 0 Å². The van der Waals surface area contributed by atoms with Gasteiger partial charge < -0.3 is 10.1 Å². The number of hydrogen-bond donors (Lipinski definition) is 1. The summed E-state index contributed by atoms with van der Waals surface area (Å²) in [5.74, 6) is -0.787. The number of nitrogens with zero attached hydrogens (tertiary/aromatic N) is 1. The van der Waals surface area contributed by atoms with Gasteiger partial charge in [0.1, 0.15) is 0 Å². The van der Waals surface area contributed by atoms with E-state index in [9.17, 15) is 18.0 Å². The molecule has 7 nitrogen and oxygen atoms in total. The largest absolute Gasteiger partial charge is 0.465 e. The monoisotopic (exact) mass is 390 g/mol. The summed E-state index contributed by atoms with van der Waals surface area (Å²) in [5, 5.41) is 2.72. The smallest absolute Gasteiger partial charge is 0.337 e. The highest BCUT2D eigenvalue weighted by Gasteiger charge is 2.19. The van der Waals surface area contributed by atoms with Gasteiger partial charge in [-0.3, -0.25) is 9.10 Å². The van der Waals surface area contributed by atoms with Gasteiger partial charge in [-0.15, -0.1) is 0 Å². The Bertz CT molecular complexity index is 906. The Kier molecular flexibility index (Phi) is 6.57. The van der Waals surface area contributed by atoms with Crippen LogP contribution in [-0.2, 0) is 14.8 Å². The minimum Gasteiger partial charge on any atom is -0.465 e. The number of hydrogen-bond acceptors (Lipinski definition) is 5. The standard InChI is InChI=1S/C19H22N2O5S/c1-4-21(27(24,25)5-2)17-12-8-14(9-13-17)18(22)20-16-10-6-15(7-11-16)19(23)26-3/h6-13H,4-5H2,1-3H3,(H,20,22). The molecular weight excluding hydrogens is 368 g/mol. The maximum Gasteiger partial charge on any atom is 0.337 e. The average molecular weight is 390 g/mol. The number of esters is 1. The van der Waals surface area contributed by atoms with E-state index in [1.165, 1.54) is 11.4 Å². The Hall–Kier alpha value is -2.87. The molecule has 2 rings (SSSR count). The number of anilines is 2. The molecule has 8 heteroatoms. The van der Waals surface area contributed by atoms with Crippen molar-refractivity contribution in [2.75, 3.05) is 29.0 Å². The lowest BCUT2D eigenvalue weighted by Gasteiger charge is -2.22. The van der Waals surface area contributed by atoms with Crippen LogP contribution >= 0.6 is 0 Å². The number of nitrogens with one attached hydrogen (secondary N) is 1. The van der Waals surface area contributed by atoms with Gasteiger partial charge >= 0.3 is 5.97 Å². The predicted octanol–water partition coefficient (Wildman–Crippen LogP) is 2.90. The normalized spacial score (nSPS) is 10.9. The summed E-state index contributed by atoms with van der Waals surface area (Å²) < 4.78 is 30.1. The molecule has 0 unspecified atom stereocenters. The van der Waals surface area contributed by atoms with Gasteiger partial charge in [-0.1, -0.05) is 0 Å². The van der Waals surface area contributed by atoms with E-state index in [2.05, 4.69) is 10.1 Å². The van der Waals surface area contributed by atoms with Crippen LogP contribution in [0, 0.1) is 0 Å². The fourth-order valence-electron chi connectivity index (χ4n) is 2.49. The summed E-state index contributed by atoms with van der Waals surface area (Å²) in [6, 6.07) is 12.7. The molecule has 2 aromatic rings. The van der Waals surface area contributed by atoms with Gasteiger partial charge in [0.05, 0.1) is 24.1 Å². The van der Waals surface area contributed by atoms with Crippen molar-refractivity contribution in [3.05, 3.63) is 59.7 Å². The molecule has 0 saturated carbocycles. The first-order valence-corrected chi connectivity index (χ1v) is 10.0. The Morgan fingerprint density at radius 2 is 1.52 bits per heavy atom. The average Bonchev–Trinajstić information content (AvgIpc) is 2.68. The van der Waals surface area contributed by atoms with Crippen molar-refractivity contribution in [2.45, 2.75) is 13.8 Å². The van der Waals surface area contributed by atoms with Crippen molar-refractivity contribution in [1.82, 2.24) is 0 Å². The fourth-order valence-corrected chi connectivity index (χ4v) is 3.63. The summed E-state index contributed by atoms with van der Waals surface area (Å²) in [6.45, 7) is 3.66. The molecule has 2 aromatic carbocycles. The third kappa shape index (κ3) is 4.85. The molecule has 27 heavy (non-hydrogen) atoms. The van der Waals surface area contributed by atoms with E-state index in [1.54, 1.807) is 62.4 Å². The van der Waals surface area contributed by atoms with Gasteiger partial charge in [-0.05, 0) is 62.4 Å². The van der Waals surface area contributed by atoms with Gasteiger partial charge in [0.2, 0.25) is 10.0 Å². The molecule has 0 radical (unpaired) electrons. The van der Waals surface area contributed by atoms with Crippen molar-refractivity contribution in [1.29, 1.82) is 0 Å². The molecule has 0 fully saturated rings. The zero-order valence-electron chi connectivity index (χ0n) is 15.4. The molecule has 0 bridgehead atoms. The van der Waals surface area contributed by atoms with Crippen LogP contribution in [0.3, 0.4) is 0 Å². The zero-order chi connectivity index (χ0) is 20.0. The molecule has 0 saturated heterocycles. The highest BCUT2D eigenvalue weighted by molar-refractivity contribution is 7.92. The van der Waals surface area contributed by atoms with Crippen molar-refractivity contribution < 1.29 is 22.7 Å². The molecule has 144 valence electrons. The lowest BCUT2D eigenvalue weighted by atomic mass is 10.1. The molecule has 0 atom stereocenters. The molecule has 0 aliphatic heterocycles. The van der Waals surface area contributed by atoms with Crippen LogP contribution in [-0.4, -0.2) is 39.7 Å². The van der Waals surface area contributed by atoms with E-state index in [0.717, 1.165) is 0 Å². The van der Waals surface area contributed by atoms with Gasteiger partial charge in [-0.2, -0.15) is 0 Å². The Balaban J connectivity index is 2.12. The molecule has 0 aliphatic carbocycles. The second-order valence-corrected chi connectivity index (χ2v) is 7.82. The maximum atomic E-state index is 12.4. The highest BCUT2D eigenvalue weighted by Crippen LogP contribution is 2.20. The van der Waals surface area contributed by atoms with Crippen molar-refractivity contribution in [3.63, 3.8) is 0 Å². The number of benzene rings is 2. The zero-order valence-corrected chi connectivity index (χ0v) is 16.2. The Morgan fingerprint density at radius 3 is 2.00 bits per heavy atom. The van der Waals surface area contributed by atoms with E-state index >= 15 is 0 Å². The van der Waals surface area contributed by atoms with Crippen LogP contribution in [0.2, 0.25) is 0 Å². The number of sulfonamides is 1. The minimum absolute atomic E-state index is 0.00461. The van der Waals surface area contributed by atoms with Gasteiger partial charge in [0.25, 0.3) is 5.91 Å². The van der Waals surface area contributed by atoms with E-state index in [0.29, 0.717) is 29.0 Å². The van der Waals surface area contributed by atoms with E-state index in [1.807, 2.05) is 0 Å². The first-order chi connectivity index (χ1) is 12.8. The van der Waals surface area contributed by atoms with Gasteiger partial charge in [0.15, 0.2) is 0 Å². The van der Waals surface area contributed by atoms with Crippen LogP contribution in [0.1, 0.15) is 34.6 Å². The van der Waals surface area contributed by atoms with Crippen LogP contribution in [0.4, 0.5) is 11.4 Å². The Morgan fingerprint density at radius 1 is 0.963 bits per heavy atom. The second kappa shape index (κ2) is 8.68. The van der Waals surface area contributed by atoms with E-state index < -0.39 is 16.0 Å². The molecule has 0 spiro atoms.